The Balaban J connectivity index is 1.48. The van der Waals surface area contributed by atoms with Gasteiger partial charge in [-0.15, -0.1) is 0 Å². The van der Waals surface area contributed by atoms with Crippen LogP contribution < -0.4 is 4.74 Å². The molecule has 2 amide bonds. The van der Waals surface area contributed by atoms with Crippen molar-refractivity contribution in [2.45, 2.75) is 13.2 Å². The topological polar surface area (TPSA) is 89.7 Å². The first-order valence-corrected chi connectivity index (χ1v) is 11.0. The van der Waals surface area contributed by atoms with E-state index in [2.05, 4.69) is 0 Å². The van der Waals surface area contributed by atoms with Crippen molar-refractivity contribution in [1.29, 1.82) is 0 Å². The standard InChI is InChI=1S/C24H17ClN2O5S/c25-19-9-5-16(6-10-19)14-26-23(28)22(33-24(26)29)13-18-3-1-2-4-21(18)32-15-17-7-11-20(12-8-17)27(30)31/h1-13H,14-15H2/b22-13-. The Labute approximate surface area is 198 Å². The molecule has 3 aromatic rings. The molecule has 1 fully saturated rings. The van der Waals surface area contributed by atoms with Crippen LogP contribution in [-0.2, 0) is 17.9 Å². The van der Waals surface area contributed by atoms with Crippen LogP contribution in [0.15, 0.2) is 77.7 Å². The number of non-ortho nitro benzene ring substituents is 1. The van der Waals surface area contributed by atoms with E-state index >= 15 is 0 Å². The molecule has 0 saturated carbocycles. The number of para-hydroxylation sites is 1. The minimum absolute atomic E-state index is 0.00785. The van der Waals surface area contributed by atoms with Crippen LogP contribution in [0.4, 0.5) is 10.5 Å². The van der Waals surface area contributed by atoms with E-state index in [-0.39, 0.29) is 30.0 Å². The van der Waals surface area contributed by atoms with E-state index in [1.807, 2.05) is 6.07 Å². The Morgan fingerprint density at radius 3 is 2.33 bits per heavy atom. The molecule has 3 aromatic carbocycles. The van der Waals surface area contributed by atoms with E-state index in [0.29, 0.717) is 21.2 Å². The van der Waals surface area contributed by atoms with Crippen LogP contribution in [0.25, 0.3) is 6.08 Å². The lowest BCUT2D eigenvalue weighted by molar-refractivity contribution is -0.384. The van der Waals surface area contributed by atoms with Crippen molar-refractivity contribution < 1.29 is 19.2 Å². The molecule has 33 heavy (non-hydrogen) atoms. The van der Waals surface area contributed by atoms with Gasteiger partial charge in [0.2, 0.25) is 0 Å². The highest BCUT2D eigenvalue weighted by Crippen LogP contribution is 2.35. The van der Waals surface area contributed by atoms with Crippen molar-refractivity contribution in [1.82, 2.24) is 4.90 Å². The molecule has 0 aromatic heterocycles. The first-order chi connectivity index (χ1) is 15.9. The Hall–Kier alpha value is -3.62. The van der Waals surface area contributed by atoms with Crippen LogP contribution in [0.2, 0.25) is 5.02 Å². The van der Waals surface area contributed by atoms with Crippen molar-refractivity contribution in [2.75, 3.05) is 0 Å². The SMILES string of the molecule is O=C1S/C(=C\c2ccccc2OCc2ccc([N+](=O)[O-])cc2)C(=O)N1Cc1ccc(Cl)cc1. The number of nitro benzene ring substituents is 1. The summed E-state index contributed by atoms with van der Waals surface area (Å²) in [5.74, 6) is 0.158. The van der Waals surface area contributed by atoms with Crippen LogP contribution in [0.1, 0.15) is 16.7 Å². The number of amides is 2. The molecule has 1 aliphatic rings. The van der Waals surface area contributed by atoms with Gasteiger partial charge in [-0.25, -0.2) is 0 Å². The average Bonchev–Trinajstić information content (AvgIpc) is 3.07. The fourth-order valence-corrected chi connectivity index (χ4v) is 4.11. The first kappa shape index (κ1) is 22.6. The van der Waals surface area contributed by atoms with Gasteiger partial charge >= 0.3 is 0 Å². The third kappa shape index (κ3) is 5.42. The van der Waals surface area contributed by atoms with E-state index in [1.165, 1.54) is 17.0 Å². The van der Waals surface area contributed by atoms with Crippen molar-refractivity contribution in [3.05, 3.63) is 110 Å². The normalized spacial score (nSPS) is 14.7. The molecule has 0 spiro atoms. The van der Waals surface area contributed by atoms with E-state index in [4.69, 9.17) is 16.3 Å². The van der Waals surface area contributed by atoms with Gasteiger partial charge in [0.1, 0.15) is 12.4 Å². The molecule has 0 unspecified atom stereocenters. The third-order valence-electron chi connectivity index (χ3n) is 4.87. The summed E-state index contributed by atoms with van der Waals surface area (Å²) in [5, 5.41) is 11.0. The van der Waals surface area contributed by atoms with Crippen LogP contribution in [0.3, 0.4) is 0 Å². The number of ether oxygens (including phenoxy) is 1. The maximum Gasteiger partial charge on any atom is 0.293 e. The van der Waals surface area contributed by atoms with Gasteiger partial charge in [0.15, 0.2) is 0 Å². The number of nitrogens with zero attached hydrogens (tertiary/aromatic N) is 2. The number of carbonyl (C=O) groups excluding carboxylic acids is 2. The van der Waals surface area contributed by atoms with Crippen LogP contribution in [0, 0.1) is 10.1 Å². The predicted molar refractivity (Wildman–Crippen MR) is 127 cm³/mol. The molecular formula is C24H17ClN2O5S. The van der Waals surface area contributed by atoms with Gasteiger partial charge in [0.25, 0.3) is 16.8 Å². The summed E-state index contributed by atoms with van der Waals surface area (Å²) in [5.41, 5.74) is 2.22. The highest BCUT2D eigenvalue weighted by Gasteiger charge is 2.35. The van der Waals surface area contributed by atoms with Gasteiger partial charge in [-0.1, -0.05) is 41.9 Å². The van der Waals surface area contributed by atoms with Gasteiger partial charge in [-0.2, -0.15) is 0 Å². The maximum atomic E-state index is 12.9. The molecule has 7 nitrogen and oxygen atoms in total. The Kier molecular flexibility index (Phi) is 6.76. The van der Waals surface area contributed by atoms with E-state index < -0.39 is 4.92 Å². The quantitative estimate of drug-likeness (QED) is 0.232. The zero-order valence-corrected chi connectivity index (χ0v) is 18.7. The Morgan fingerprint density at radius 2 is 1.64 bits per heavy atom. The first-order valence-electron chi connectivity index (χ1n) is 9.86. The second-order valence-electron chi connectivity index (χ2n) is 7.14. The molecule has 1 heterocycles. The molecule has 1 saturated heterocycles. The summed E-state index contributed by atoms with van der Waals surface area (Å²) in [7, 11) is 0. The molecular weight excluding hydrogens is 464 g/mol. The zero-order valence-electron chi connectivity index (χ0n) is 17.1. The summed E-state index contributed by atoms with van der Waals surface area (Å²) in [6.45, 7) is 0.359. The van der Waals surface area contributed by atoms with Crippen molar-refractivity contribution in [3.63, 3.8) is 0 Å². The number of hydrogen-bond donors (Lipinski definition) is 0. The lowest BCUT2D eigenvalue weighted by Crippen LogP contribution is -2.27. The second-order valence-corrected chi connectivity index (χ2v) is 8.57. The Morgan fingerprint density at radius 1 is 0.970 bits per heavy atom. The number of halogens is 1. The number of benzene rings is 3. The summed E-state index contributed by atoms with van der Waals surface area (Å²) in [6.07, 6.45) is 1.64. The zero-order chi connectivity index (χ0) is 23.4. The van der Waals surface area contributed by atoms with Crippen molar-refractivity contribution in [3.8, 4) is 5.75 Å². The molecule has 0 atom stereocenters. The minimum atomic E-state index is -0.458. The van der Waals surface area contributed by atoms with Crippen LogP contribution in [0.5, 0.6) is 5.75 Å². The summed E-state index contributed by atoms with van der Waals surface area (Å²) in [6, 6.07) is 20.2. The summed E-state index contributed by atoms with van der Waals surface area (Å²) >= 11 is 6.78. The number of nitro groups is 1. The smallest absolute Gasteiger partial charge is 0.293 e. The Bertz CT molecular complexity index is 1240. The fourth-order valence-electron chi connectivity index (χ4n) is 3.16. The lowest BCUT2D eigenvalue weighted by atomic mass is 10.1. The van der Waals surface area contributed by atoms with Crippen LogP contribution >= 0.6 is 23.4 Å². The van der Waals surface area contributed by atoms with Gasteiger partial charge < -0.3 is 4.74 Å². The van der Waals surface area contributed by atoms with Crippen molar-refractivity contribution in [2.24, 2.45) is 0 Å². The van der Waals surface area contributed by atoms with Gasteiger partial charge in [-0.3, -0.25) is 24.6 Å². The molecule has 9 heteroatoms. The van der Waals surface area contributed by atoms with Gasteiger partial charge in [0.05, 0.1) is 16.4 Å². The number of imide groups is 1. The van der Waals surface area contributed by atoms with Crippen molar-refractivity contribution >= 4 is 46.3 Å². The van der Waals surface area contributed by atoms with Crippen LogP contribution in [-0.4, -0.2) is 21.0 Å². The number of rotatable bonds is 7. The molecule has 0 N–H and O–H groups in total. The van der Waals surface area contributed by atoms with E-state index in [0.717, 1.165) is 22.9 Å². The number of thioether (sulfide) groups is 1. The molecule has 0 bridgehead atoms. The van der Waals surface area contributed by atoms with E-state index in [1.54, 1.807) is 60.7 Å². The predicted octanol–water partition coefficient (Wildman–Crippen LogP) is 6.06. The number of hydrogen-bond acceptors (Lipinski definition) is 6. The molecule has 0 radical (unpaired) electrons. The molecule has 166 valence electrons. The second kappa shape index (κ2) is 9.89. The lowest BCUT2D eigenvalue weighted by Gasteiger charge is -2.12. The monoisotopic (exact) mass is 480 g/mol. The van der Waals surface area contributed by atoms with Gasteiger partial charge in [-0.05, 0) is 59.3 Å². The highest BCUT2D eigenvalue weighted by atomic mass is 35.5. The summed E-state index contributed by atoms with van der Waals surface area (Å²) < 4.78 is 5.88. The highest BCUT2D eigenvalue weighted by molar-refractivity contribution is 8.18. The molecule has 4 rings (SSSR count). The minimum Gasteiger partial charge on any atom is -0.488 e. The van der Waals surface area contributed by atoms with E-state index in [9.17, 15) is 19.7 Å². The fraction of sp³-hybridized carbons (Fsp3) is 0.0833. The third-order valence-corrected chi connectivity index (χ3v) is 6.03. The summed E-state index contributed by atoms with van der Waals surface area (Å²) in [4.78, 5) is 37.2. The number of carbonyl (C=O) groups is 2. The average molecular weight is 481 g/mol. The molecule has 1 aliphatic heterocycles. The molecule has 0 aliphatic carbocycles. The maximum absolute atomic E-state index is 12.9. The largest absolute Gasteiger partial charge is 0.488 e. The van der Waals surface area contributed by atoms with Gasteiger partial charge in [0, 0.05) is 22.7 Å².